The molecular weight excluding hydrogens is 364 g/mol. The van der Waals surface area contributed by atoms with Gasteiger partial charge >= 0.3 is 5.97 Å². The van der Waals surface area contributed by atoms with Crippen LogP contribution in [0.3, 0.4) is 0 Å². The minimum absolute atomic E-state index is 0.101. The number of ether oxygens (including phenoxy) is 3. The van der Waals surface area contributed by atoms with Crippen LogP contribution in [0, 0.1) is 6.92 Å². The molecular formula is C18H19ClO5S. The van der Waals surface area contributed by atoms with Gasteiger partial charge in [-0.1, -0.05) is 11.6 Å². The van der Waals surface area contributed by atoms with Crippen molar-refractivity contribution in [2.75, 3.05) is 13.7 Å². The van der Waals surface area contributed by atoms with E-state index in [1.54, 1.807) is 6.07 Å². The summed E-state index contributed by atoms with van der Waals surface area (Å²) in [6, 6.07) is 6.47. The first kappa shape index (κ1) is 19.3. The Morgan fingerprint density at radius 3 is 2.52 bits per heavy atom. The summed E-state index contributed by atoms with van der Waals surface area (Å²) in [5.74, 6) is -0.212. The van der Waals surface area contributed by atoms with Crippen LogP contribution in [0.4, 0.5) is 0 Å². The summed E-state index contributed by atoms with van der Waals surface area (Å²) in [6.45, 7) is 5.29. The van der Waals surface area contributed by atoms with Crippen LogP contribution in [0.15, 0.2) is 24.3 Å². The normalized spacial score (nSPS) is 10.6. The summed E-state index contributed by atoms with van der Waals surface area (Å²) in [4.78, 5) is 25.8. The molecule has 0 atom stereocenters. The lowest BCUT2D eigenvalue weighted by Crippen LogP contribution is -2.14. The van der Waals surface area contributed by atoms with Crippen molar-refractivity contribution in [3.05, 3.63) is 44.6 Å². The monoisotopic (exact) mass is 382 g/mol. The summed E-state index contributed by atoms with van der Waals surface area (Å²) in [7, 11) is 1.45. The maximum atomic E-state index is 12.2. The Morgan fingerprint density at radius 2 is 1.96 bits per heavy atom. The van der Waals surface area contributed by atoms with E-state index in [2.05, 4.69) is 0 Å². The SMILES string of the molecule is COc1cc(C(=O)OCC(=O)c2ccc(C)s2)cc(Cl)c1OC(C)C. The maximum Gasteiger partial charge on any atom is 0.338 e. The van der Waals surface area contributed by atoms with Crippen LogP contribution < -0.4 is 9.47 Å². The molecule has 0 aliphatic carbocycles. The van der Waals surface area contributed by atoms with E-state index in [9.17, 15) is 9.59 Å². The predicted octanol–water partition coefficient (Wildman–Crippen LogP) is 4.55. The van der Waals surface area contributed by atoms with Crippen molar-refractivity contribution >= 4 is 34.7 Å². The molecule has 0 aliphatic heterocycles. The molecule has 0 spiro atoms. The molecule has 134 valence electrons. The smallest absolute Gasteiger partial charge is 0.338 e. The van der Waals surface area contributed by atoms with Gasteiger partial charge in [-0.25, -0.2) is 4.79 Å². The molecule has 1 aromatic heterocycles. The fourth-order valence-corrected chi connectivity index (χ4v) is 3.10. The van der Waals surface area contributed by atoms with Crippen LogP contribution in [0.2, 0.25) is 5.02 Å². The summed E-state index contributed by atoms with van der Waals surface area (Å²) < 4.78 is 15.9. The zero-order chi connectivity index (χ0) is 18.6. The molecule has 1 aromatic carbocycles. The Hall–Kier alpha value is -2.05. The largest absolute Gasteiger partial charge is 0.493 e. The molecule has 5 nitrogen and oxygen atoms in total. The van der Waals surface area contributed by atoms with E-state index in [-0.39, 0.29) is 29.1 Å². The number of Topliss-reactive ketones (excluding diaryl/α,β-unsaturated/α-hetero) is 1. The standard InChI is InChI=1S/C18H19ClO5S/c1-10(2)24-17-13(19)7-12(8-15(17)22-4)18(21)23-9-14(20)16-6-5-11(3)25-16/h5-8,10H,9H2,1-4H3. The third-order valence-corrected chi connectivity index (χ3v) is 4.49. The highest BCUT2D eigenvalue weighted by Crippen LogP contribution is 2.37. The molecule has 0 bridgehead atoms. The molecule has 0 aliphatic rings. The predicted molar refractivity (Wildman–Crippen MR) is 97.4 cm³/mol. The molecule has 7 heteroatoms. The van der Waals surface area contributed by atoms with Gasteiger partial charge in [0.2, 0.25) is 5.78 Å². The topological polar surface area (TPSA) is 61.8 Å². The van der Waals surface area contributed by atoms with Crippen LogP contribution in [-0.2, 0) is 4.74 Å². The second kappa shape index (κ2) is 8.36. The van der Waals surface area contributed by atoms with Gasteiger partial charge in [0.05, 0.1) is 28.7 Å². The Balaban J connectivity index is 2.11. The third kappa shape index (κ3) is 4.96. The van der Waals surface area contributed by atoms with Crippen molar-refractivity contribution in [3.63, 3.8) is 0 Å². The highest BCUT2D eigenvalue weighted by molar-refractivity contribution is 7.14. The van der Waals surface area contributed by atoms with Crippen LogP contribution in [0.25, 0.3) is 0 Å². The number of halogens is 1. The second-order valence-corrected chi connectivity index (χ2v) is 7.26. The molecule has 0 N–H and O–H groups in total. The Labute approximate surface area is 155 Å². The lowest BCUT2D eigenvalue weighted by Gasteiger charge is -2.16. The first-order chi connectivity index (χ1) is 11.8. The molecule has 0 saturated heterocycles. The minimum atomic E-state index is -0.655. The van der Waals surface area contributed by atoms with Crippen molar-refractivity contribution in [1.82, 2.24) is 0 Å². The molecule has 0 amide bonds. The van der Waals surface area contributed by atoms with Gasteiger partial charge in [-0.05, 0) is 45.0 Å². The fraction of sp³-hybridized carbons (Fsp3) is 0.333. The van der Waals surface area contributed by atoms with Crippen LogP contribution in [0.1, 0.15) is 38.8 Å². The number of carbonyl (C=O) groups is 2. The Kier molecular flexibility index (Phi) is 6.45. The number of hydrogen-bond donors (Lipinski definition) is 0. The van der Waals surface area contributed by atoms with E-state index in [0.717, 1.165) is 4.88 Å². The second-order valence-electron chi connectivity index (χ2n) is 5.57. The summed E-state index contributed by atoms with van der Waals surface area (Å²) >= 11 is 7.55. The molecule has 0 saturated carbocycles. The third-order valence-electron chi connectivity index (χ3n) is 3.17. The number of rotatable bonds is 7. The van der Waals surface area contributed by atoms with Crippen LogP contribution in [-0.4, -0.2) is 31.6 Å². The molecule has 0 unspecified atom stereocenters. The van der Waals surface area contributed by atoms with E-state index in [1.165, 1.54) is 30.6 Å². The summed E-state index contributed by atoms with van der Waals surface area (Å²) in [6.07, 6.45) is -0.101. The van der Waals surface area contributed by atoms with Crippen LogP contribution in [0.5, 0.6) is 11.5 Å². The summed E-state index contributed by atoms with van der Waals surface area (Å²) in [5, 5.41) is 0.236. The molecule has 1 heterocycles. The molecule has 0 fully saturated rings. The highest BCUT2D eigenvalue weighted by atomic mass is 35.5. The molecule has 25 heavy (non-hydrogen) atoms. The number of aryl methyl sites for hydroxylation is 1. The number of benzene rings is 1. The lowest BCUT2D eigenvalue weighted by molar-refractivity contribution is 0.0475. The number of ketones is 1. The van der Waals surface area contributed by atoms with Crippen molar-refractivity contribution in [3.8, 4) is 11.5 Å². The zero-order valence-corrected chi connectivity index (χ0v) is 16.0. The lowest BCUT2D eigenvalue weighted by atomic mass is 10.2. The van der Waals surface area contributed by atoms with E-state index in [0.29, 0.717) is 16.4 Å². The van der Waals surface area contributed by atoms with Gasteiger partial charge in [0, 0.05) is 4.88 Å². The minimum Gasteiger partial charge on any atom is -0.493 e. The maximum absolute atomic E-state index is 12.2. The number of carbonyl (C=O) groups excluding carboxylic acids is 2. The zero-order valence-electron chi connectivity index (χ0n) is 14.4. The van der Waals surface area contributed by atoms with E-state index in [4.69, 9.17) is 25.8 Å². The van der Waals surface area contributed by atoms with E-state index in [1.807, 2.05) is 26.8 Å². The Morgan fingerprint density at radius 1 is 1.24 bits per heavy atom. The number of esters is 1. The number of thiophene rings is 1. The average Bonchev–Trinajstić information content (AvgIpc) is 3.00. The first-order valence-electron chi connectivity index (χ1n) is 7.62. The van der Waals surface area contributed by atoms with Crippen molar-refractivity contribution in [2.24, 2.45) is 0 Å². The van der Waals surface area contributed by atoms with E-state index < -0.39 is 5.97 Å². The first-order valence-corrected chi connectivity index (χ1v) is 8.82. The van der Waals surface area contributed by atoms with Crippen molar-refractivity contribution in [1.29, 1.82) is 0 Å². The average molecular weight is 383 g/mol. The van der Waals surface area contributed by atoms with Gasteiger partial charge in [0.1, 0.15) is 0 Å². The molecule has 0 radical (unpaired) electrons. The quantitative estimate of drug-likeness (QED) is 0.519. The van der Waals surface area contributed by atoms with Gasteiger partial charge in [-0.2, -0.15) is 0 Å². The van der Waals surface area contributed by atoms with Crippen LogP contribution >= 0.6 is 22.9 Å². The number of hydrogen-bond acceptors (Lipinski definition) is 6. The van der Waals surface area contributed by atoms with Crippen molar-refractivity contribution < 1.29 is 23.8 Å². The van der Waals surface area contributed by atoms with E-state index >= 15 is 0 Å². The Bertz CT molecular complexity index is 782. The van der Waals surface area contributed by atoms with Gasteiger partial charge in [-0.15, -0.1) is 11.3 Å². The van der Waals surface area contributed by atoms with Crippen molar-refractivity contribution in [2.45, 2.75) is 26.9 Å². The van der Waals surface area contributed by atoms with Gasteiger partial charge in [-0.3, -0.25) is 4.79 Å². The molecule has 2 aromatic rings. The van der Waals surface area contributed by atoms with Gasteiger partial charge in [0.25, 0.3) is 0 Å². The molecule has 2 rings (SSSR count). The summed E-state index contributed by atoms with van der Waals surface area (Å²) in [5.41, 5.74) is 0.188. The van der Waals surface area contributed by atoms with Gasteiger partial charge < -0.3 is 14.2 Å². The van der Waals surface area contributed by atoms with Gasteiger partial charge in [0.15, 0.2) is 18.1 Å². The highest BCUT2D eigenvalue weighted by Gasteiger charge is 2.19. The fourth-order valence-electron chi connectivity index (χ4n) is 2.06. The number of methoxy groups -OCH3 is 1.